The van der Waals surface area contributed by atoms with E-state index in [4.69, 9.17) is 10.2 Å². The largest absolute Gasteiger partial charge is 0.453 e. The predicted molar refractivity (Wildman–Crippen MR) is 68.2 cm³/mol. The number of nitrogens with two attached hydrogens (primary N) is 1. The molecule has 2 unspecified atom stereocenters. The van der Waals surface area contributed by atoms with E-state index < -0.39 is 0 Å². The Hall–Kier alpha value is -0.320. The number of likely N-dealkylation sites (tertiary alicyclic amines) is 1. The Balaban J connectivity index is 2.01. The number of hydrogen-bond donors (Lipinski definition) is 1. The van der Waals surface area contributed by atoms with E-state index in [0.29, 0.717) is 12.0 Å². The summed E-state index contributed by atoms with van der Waals surface area (Å²) in [6.45, 7) is 5.24. The lowest BCUT2D eigenvalue weighted by Crippen LogP contribution is -2.39. The second-order valence-corrected chi connectivity index (χ2v) is 5.34. The van der Waals surface area contributed by atoms with Crippen LogP contribution in [0, 0.1) is 5.92 Å². The van der Waals surface area contributed by atoms with E-state index in [-0.39, 0.29) is 0 Å². The number of furan rings is 1. The zero-order valence-corrected chi connectivity index (χ0v) is 11.2. The van der Waals surface area contributed by atoms with Gasteiger partial charge in [-0.3, -0.25) is 4.90 Å². The lowest BCUT2D eigenvalue weighted by Gasteiger charge is -2.35. The highest BCUT2D eigenvalue weighted by Gasteiger charge is 2.25. The third kappa shape index (κ3) is 2.67. The number of halogens is 1. The number of piperidine rings is 1. The Bertz CT molecular complexity index is 340. The SMILES string of the molecule is CC(c1ccc(Br)o1)N1CCCC(CN)C1. The van der Waals surface area contributed by atoms with E-state index in [0.717, 1.165) is 30.1 Å². The maximum absolute atomic E-state index is 5.75. The van der Waals surface area contributed by atoms with Gasteiger partial charge in [-0.05, 0) is 66.8 Å². The quantitative estimate of drug-likeness (QED) is 0.929. The fraction of sp³-hybridized carbons (Fsp3) is 0.667. The van der Waals surface area contributed by atoms with Crippen molar-refractivity contribution in [2.24, 2.45) is 11.7 Å². The van der Waals surface area contributed by atoms with Crippen molar-refractivity contribution in [2.75, 3.05) is 19.6 Å². The van der Waals surface area contributed by atoms with Crippen LogP contribution in [-0.2, 0) is 0 Å². The second kappa shape index (κ2) is 5.34. The fourth-order valence-electron chi connectivity index (χ4n) is 2.37. The van der Waals surface area contributed by atoms with Crippen LogP contribution in [0.3, 0.4) is 0 Å². The van der Waals surface area contributed by atoms with E-state index >= 15 is 0 Å². The van der Waals surface area contributed by atoms with E-state index in [9.17, 15) is 0 Å². The molecule has 1 aromatic heterocycles. The van der Waals surface area contributed by atoms with E-state index in [1.165, 1.54) is 12.8 Å². The Morgan fingerprint density at radius 3 is 3.06 bits per heavy atom. The smallest absolute Gasteiger partial charge is 0.169 e. The monoisotopic (exact) mass is 286 g/mol. The number of nitrogens with zero attached hydrogens (tertiary/aromatic N) is 1. The Morgan fingerprint density at radius 1 is 1.62 bits per heavy atom. The Labute approximate surface area is 105 Å². The molecule has 0 spiro atoms. The zero-order chi connectivity index (χ0) is 11.5. The second-order valence-electron chi connectivity index (χ2n) is 4.56. The number of hydrogen-bond acceptors (Lipinski definition) is 3. The number of rotatable bonds is 3. The van der Waals surface area contributed by atoms with Crippen molar-refractivity contribution in [3.8, 4) is 0 Å². The first-order valence-electron chi connectivity index (χ1n) is 5.90. The molecule has 0 aliphatic carbocycles. The molecular weight excluding hydrogens is 268 g/mol. The molecule has 0 radical (unpaired) electrons. The van der Waals surface area contributed by atoms with Crippen LogP contribution in [0.2, 0.25) is 0 Å². The van der Waals surface area contributed by atoms with E-state index in [1.807, 2.05) is 12.1 Å². The molecule has 0 amide bonds. The third-order valence-corrected chi connectivity index (χ3v) is 3.86. The van der Waals surface area contributed by atoms with Gasteiger partial charge < -0.3 is 10.2 Å². The van der Waals surface area contributed by atoms with Gasteiger partial charge in [-0.15, -0.1) is 0 Å². The summed E-state index contributed by atoms with van der Waals surface area (Å²) in [4.78, 5) is 2.46. The highest BCUT2D eigenvalue weighted by Crippen LogP contribution is 2.28. The average molecular weight is 287 g/mol. The van der Waals surface area contributed by atoms with Gasteiger partial charge in [0.05, 0.1) is 6.04 Å². The van der Waals surface area contributed by atoms with Crippen LogP contribution in [-0.4, -0.2) is 24.5 Å². The van der Waals surface area contributed by atoms with Crippen molar-refractivity contribution in [2.45, 2.75) is 25.8 Å². The average Bonchev–Trinajstić information content (AvgIpc) is 2.75. The summed E-state index contributed by atoms with van der Waals surface area (Å²) in [6.07, 6.45) is 2.51. The van der Waals surface area contributed by atoms with Gasteiger partial charge in [0, 0.05) is 6.54 Å². The molecule has 0 saturated carbocycles. The van der Waals surface area contributed by atoms with Crippen molar-refractivity contribution in [3.63, 3.8) is 0 Å². The van der Waals surface area contributed by atoms with Crippen LogP contribution in [0.15, 0.2) is 21.2 Å². The van der Waals surface area contributed by atoms with Crippen LogP contribution < -0.4 is 5.73 Å². The molecule has 2 heterocycles. The van der Waals surface area contributed by atoms with Crippen molar-refractivity contribution in [1.82, 2.24) is 4.90 Å². The molecule has 1 aliphatic heterocycles. The summed E-state index contributed by atoms with van der Waals surface area (Å²) >= 11 is 3.34. The summed E-state index contributed by atoms with van der Waals surface area (Å²) in [7, 11) is 0. The zero-order valence-electron chi connectivity index (χ0n) is 9.66. The maximum atomic E-state index is 5.75. The molecular formula is C12H19BrN2O. The topological polar surface area (TPSA) is 42.4 Å². The molecule has 1 saturated heterocycles. The molecule has 2 rings (SSSR count). The van der Waals surface area contributed by atoms with Crippen LogP contribution in [0.5, 0.6) is 0 Å². The van der Waals surface area contributed by atoms with Crippen molar-refractivity contribution in [3.05, 3.63) is 22.6 Å². The van der Waals surface area contributed by atoms with Gasteiger partial charge in [-0.2, -0.15) is 0 Å². The van der Waals surface area contributed by atoms with Gasteiger partial charge >= 0.3 is 0 Å². The first kappa shape index (κ1) is 12.1. The van der Waals surface area contributed by atoms with E-state index in [1.54, 1.807) is 0 Å². The molecule has 1 aliphatic rings. The highest BCUT2D eigenvalue weighted by molar-refractivity contribution is 9.10. The maximum Gasteiger partial charge on any atom is 0.169 e. The van der Waals surface area contributed by atoms with Gasteiger partial charge in [0.25, 0.3) is 0 Å². The van der Waals surface area contributed by atoms with E-state index in [2.05, 4.69) is 27.8 Å². The Morgan fingerprint density at radius 2 is 2.44 bits per heavy atom. The molecule has 0 aromatic carbocycles. The van der Waals surface area contributed by atoms with Gasteiger partial charge in [-0.25, -0.2) is 0 Å². The van der Waals surface area contributed by atoms with Gasteiger partial charge in [0.15, 0.2) is 4.67 Å². The molecule has 2 atom stereocenters. The predicted octanol–water partition coefficient (Wildman–Crippen LogP) is 2.77. The molecule has 4 heteroatoms. The van der Waals surface area contributed by atoms with Gasteiger partial charge in [-0.1, -0.05) is 0 Å². The molecule has 1 fully saturated rings. The minimum absolute atomic E-state index is 0.348. The Kier molecular flexibility index (Phi) is 4.05. The molecule has 3 nitrogen and oxygen atoms in total. The van der Waals surface area contributed by atoms with Crippen LogP contribution in [0.1, 0.15) is 31.6 Å². The summed E-state index contributed by atoms with van der Waals surface area (Å²) in [5.41, 5.74) is 5.75. The summed E-state index contributed by atoms with van der Waals surface area (Å²) < 4.78 is 6.42. The van der Waals surface area contributed by atoms with Crippen LogP contribution in [0.4, 0.5) is 0 Å². The first-order valence-corrected chi connectivity index (χ1v) is 6.69. The van der Waals surface area contributed by atoms with Crippen molar-refractivity contribution in [1.29, 1.82) is 0 Å². The van der Waals surface area contributed by atoms with Crippen molar-refractivity contribution >= 4 is 15.9 Å². The van der Waals surface area contributed by atoms with Crippen LogP contribution in [0.25, 0.3) is 0 Å². The lowest BCUT2D eigenvalue weighted by atomic mass is 9.97. The summed E-state index contributed by atoms with van der Waals surface area (Å²) in [6, 6.07) is 4.34. The standard InChI is InChI=1S/C12H19BrN2O/c1-9(11-4-5-12(13)16-11)15-6-2-3-10(7-14)8-15/h4-5,9-10H,2-3,6-8,14H2,1H3. The van der Waals surface area contributed by atoms with Crippen molar-refractivity contribution < 1.29 is 4.42 Å². The minimum atomic E-state index is 0.348. The van der Waals surface area contributed by atoms with Gasteiger partial charge in [0.2, 0.25) is 0 Å². The lowest BCUT2D eigenvalue weighted by molar-refractivity contribution is 0.121. The molecule has 0 bridgehead atoms. The summed E-state index contributed by atoms with van der Waals surface area (Å²) in [5.74, 6) is 1.68. The molecule has 1 aromatic rings. The minimum Gasteiger partial charge on any atom is -0.453 e. The highest BCUT2D eigenvalue weighted by atomic mass is 79.9. The fourth-order valence-corrected chi connectivity index (χ4v) is 2.69. The molecule has 16 heavy (non-hydrogen) atoms. The third-order valence-electron chi connectivity index (χ3n) is 3.44. The normalized spacial score (nSPS) is 24.6. The first-order chi connectivity index (χ1) is 7.70. The van der Waals surface area contributed by atoms with Gasteiger partial charge in [0.1, 0.15) is 5.76 Å². The summed E-state index contributed by atoms with van der Waals surface area (Å²) in [5, 5.41) is 0. The molecule has 2 N–H and O–H groups in total. The molecule has 90 valence electrons. The van der Waals surface area contributed by atoms with Crippen LogP contribution >= 0.6 is 15.9 Å².